The lowest BCUT2D eigenvalue weighted by Gasteiger charge is -2.36. The second-order valence-corrected chi connectivity index (χ2v) is 19.1. The van der Waals surface area contributed by atoms with Crippen molar-refractivity contribution in [2.24, 2.45) is 0 Å². The van der Waals surface area contributed by atoms with Crippen molar-refractivity contribution in [2.45, 2.75) is 25.3 Å². The first-order valence-corrected chi connectivity index (χ1v) is 25.3. The zero-order valence-corrected chi connectivity index (χ0v) is 40.1. The second kappa shape index (κ2) is 18.7. The molecule has 1 aliphatic rings. The Morgan fingerprint density at radius 1 is 0.319 bits per heavy atom. The Morgan fingerprint density at radius 2 is 0.806 bits per heavy atom. The Hall–Kier alpha value is -8.98. The van der Waals surface area contributed by atoms with Gasteiger partial charge in [-0.15, -0.1) is 0 Å². The molecular weight excluding hydrogens is 869 g/mol. The fourth-order valence-electron chi connectivity index (χ4n) is 11.5. The van der Waals surface area contributed by atoms with Gasteiger partial charge in [0.2, 0.25) is 0 Å². The van der Waals surface area contributed by atoms with E-state index in [9.17, 15) is 0 Å². The summed E-state index contributed by atoms with van der Waals surface area (Å²) in [4.78, 5) is 4.90. The standard InChI is InChI=1S/C70H52N2/c1-6-21-50(22-7-1)65-48-66(51-36-41-60(42-37-51)71(56-24-8-2-9-25-56)57-26-10-3-11-27-57)69-64-45-40-55(54-35-34-49-20-16-17-23-53(49)46-54)47-67(64)62-32-18-19-33-63(62)70(69)68(65)52-38-43-61(44-39-52)72(58-28-12-4-13-29-58)59-30-14-5-15-31-59/h1-38,40-42,45-48,61H,39,43-44H2. The Labute approximate surface area is 422 Å². The van der Waals surface area contributed by atoms with Crippen molar-refractivity contribution in [1.82, 2.24) is 0 Å². The first kappa shape index (κ1) is 43.1. The van der Waals surface area contributed by atoms with Gasteiger partial charge in [-0.25, -0.2) is 0 Å². The van der Waals surface area contributed by atoms with Crippen LogP contribution in [0, 0.1) is 0 Å². The maximum absolute atomic E-state index is 2.58. The summed E-state index contributed by atoms with van der Waals surface area (Å²) in [5.74, 6) is 0. The van der Waals surface area contributed by atoms with Crippen molar-refractivity contribution in [1.29, 1.82) is 0 Å². The highest BCUT2D eigenvalue weighted by Crippen LogP contribution is 2.50. The van der Waals surface area contributed by atoms with Crippen LogP contribution in [0.2, 0.25) is 0 Å². The number of hydrogen-bond donors (Lipinski definition) is 0. The molecule has 1 aliphatic carbocycles. The summed E-state index contributed by atoms with van der Waals surface area (Å²) in [6.45, 7) is 0. The zero-order valence-electron chi connectivity index (χ0n) is 40.1. The normalized spacial score (nSPS) is 13.6. The molecule has 13 rings (SSSR count). The maximum atomic E-state index is 2.58. The molecule has 0 saturated heterocycles. The van der Waals surface area contributed by atoms with E-state index in [4.69, 9.17) is 0 Å². The SMILES string of the molecule is C1=C(c2c(-c3ccccc3)cc(-c3ccc(N(c4ccccc4)c4ccccc4)cc3)c3c4ccc(-c5ccc6ccccc6c5)cc4c4ccccc4c23)CCC(N(c2ccccc2)c2ccccc2)C1. The van der Waals surface area contributed by atoms with Gasteiger partial charge in [0.05, 0.1) is 0 Å². The first-order valence-electron chi connectivity index (χ1n) is 25.3. The molecule has 0 radical (unpaired) electrons. The number of nitrogens with zero attached hydrogens (tertiary/aromatic N) is 2. The molecule has 72 heavy (non-hydrogen) atoms. The maximum Gasteiger partial charge on any atom is 0.0462 e. The largest absolute Gasteiger partial charge is 0.338 e. The molecule has 0 fully saturated rings. The lowest BCUT2D eigenvalue weighted by Crippen LogP contribution is -2.32. The first-order chi connectivity index (χ1) is 35.7. The van der Waals surface area contributed by atoms with E-state index in [1.165, 1.54) is 99.0 Å². The summed E-state index contributed by atoms with van der Waals surface area (Å²) in [7, 11) is 0. The molecule has 0 N–H and O–H groups in total. The van der Waals surface area contributed by atoms with Gasteiger partial charge in [-0.05, 0) is 186 Å². The molecule has 0 amide bonds. The topological polar surface area (TPSA) is 6.48 Å². The van der Waals surface area contributed by atoms with Gasteiger partial charge in [0.25, 0.3) is 0 Å². The van der Waals surface area contributed by atoms with Crippen molar-refractivity contribution in [3.05, 3.63) is 279 Å². The van der Waals surface area contributed by atoms with E-state index in [-0.39, 0.29) is 0 Å². The Balaban J connectivity index is 1.06. The molecule has 0 aliphatic heterocycles. The molecule has 0 bridgehead atoms. The van der Waals surface area contributed by atoms with Crippen LogP contribution in [0.25, 0.3) is 82.0 Å². The van der Waals surface area contributed by atoms with Crippen molar-refractivity contribution in [3.8, 4) is 33.4 Å². The highest BCUT2D eigenvalue weighted by molar-refractivity contribution is 6.32. The van der Waals surface area contributed by atoms with Gasteiger partial charge >= 0.3 is 0 Å². The van der Waals surface area contributed by atoms with Crippen molar-refractivity contribution in [2.75, 3.05) is 9.80 Å². The van der Waals surface area contributed by atoms with E-state index >= 15 is 0 Å². The van der Waals surface area contributed by atoms with Crippen LogP contribution in [0.4, 0.5) is 28.4 Å². The minimum absolute atomic E-state index is 0.306. The Morgan fingerprint density at radius 3 is 1.43 bits per heavy atom. The van der Waals surface area contributed by atoms with E-state index in [1.807, 2.05) is 0 Å². The van der Waals surface area contributed by atoms with Gasteiger partial charge in [-0.2, -0.15) is 0 Å². The van der Waals surface area contributed by atoms with Crippen LogP contribution in [-0.2, 0) is 0 Å². The van der Waals surface area contributed by atoms with E-state index in [0.29, 0.717) is 6.04 Å². The molecule has 12 aromatic carbocycles. The Kier molecular flexibility index (Phi) is 11.2. The van der Waals surface area contributed by atoms with E-state index in [1.54, 1.807) is 0 Å². The molecule has 12 aromatic rings. The summed E-state index contributed by atoms with van der Waals surface area (Å²) in [6, 6.07) is 98.4. The number of allylic oxidation sites excluding steroid dienone is 1. The number of benzene rings is 12. The molecule has 1 atom stereocenters. The summed E-state index contributed by atoms with van der Waals surface area (Å²) in [6.07, 6.45) is 5.48. The third kappa shape index (κ3) is 7.88. The molecule has 1 unspecified atom stereocenters. The lowest BCUT2D eigenvalue weighted by molar-refractivity contribution is 0.598. The molecule has 2 heteroatoms. The second-order valence-electron chi connectivity index (χ2n) is 19.1. The van der Waals surface area contributed by atoms with E-state index < -0.39 is 0 Å². The zero-order chi connectivity index (χ0) is 47.8. The van der Waals surface area contributed by atoms with Gasteiger partial charge in [-0.1, -0.05) is 194 Å². The predicted molar refractivity (Wildman–Crippen MR) is 308 cm³/mol. The minimum atomic E-state index is 0.306. The summed E-state index contributed by atoms with van der Waals surface area (Å²) >= 11 is 0. The van der Waals surface area contributed by atoms with Crippen LogP contribution in [0.5, 0.6) is 0 Å². The highest BCUT2D eigenvalue weighted by atomic mass is 15.2. The number of para-hydroxylation sites is 4. The lowest BCUT2D eigenvalue weighted by atomic mass is 9.78. The number of hydrogen-bond acceptors (Lipinski definition) is 2. The predicted octanol–water partition coefficient (Wildman–Crippen LogP) is 19.5. The van der Waals surface area contributed by atoms with Gasteiger partial charge in [0.1, 0.15) is 0 Å². The fourth-order valence-corrected chi connectivity index (χ4v) is 11.5. The summed E-state index contributed by atoms with van der Waals surface area (Å²) in [5.41, 5.74) is 15.9. The van der Waals surface area contributed by atoms with E-state index in [0.717, 1.165) is 36.3 Å². The summed E-state index contributed by atoms with van der Waals surface area (Å²) < 4.78 is 0. The third-order valence-corrected chi connectivity index (χ3v) is 14.9. The molecular formula is C70H52N2. The van der Waals surface area contributed by atoms with Gasteiger partial charge in [0, 0.05) is 34.5 Å². The van der Waals surface area contributed by atoms with Crippen LogP contribution in [0.3, 0.4) is 0 Å². The van der Waals surface area contributed by atoms with E-state index in [2.05, 4.69) is 283 Å². The van der Waals surface area contributed by atoms with Gasteiger partial charge in [-0.3, -0.25) is 0 Å². The average molecular weight is 921 g/mol. The van der Waals surface area contributed by atoms with Crippen LogP contribution in [0.15, 0.2) is 273 Å². The van der Waals surface area contributed by atoms with Crippen LogP contribution < -0.4 is 9.80 Å². The molecule has 0 spiro atoms. The number of fused-ring (bicyclic) bond motifs is 7. The van der Waals surface area contributed by atoms with Gasteiger partial charge in [0.15, 0.2) is 0 Å². The van der Waals surface area contributed by atoms with Crippen LogP contribution >= 0.6 is 0 Å². The molecule has 0 saturated carbocycles. The van der Waals surface area contributed by atoms with Gasteiger partial charge < -0.3 is 9.80 Å². The third-order valence-electron chi connectivity index (χ3n) is 14.9. The molecule has 2 nitrogen and oxygen atoms in total. The minimum Gasteiger partial charge on any atom is -0.338 e. The Bertz CT molecular complexity index is 3840. The smallest absolute Gasteiger partial charge is 0.0462 e. The quantitative estimate of drug-likeness (QED) is 0.126. The molecule has 0 heterocycles. The van der Waals surface area contributed by atoms with Crippen LogP contribution in [0.1, 0.15) is 24.8 Å². The average Bonchev–Trinajstić information content (AvgIpc) is 3.46. The molecule has 342 valence electrons. The fraction of sp³-hybridized carbons (Fsp3) is 0.0571. The van der Waals surface area contributed by atoms with Crippen molar-refractivity contribution < 1.29 is 0 Å². The summed E-state index contributed by atoms with van der Waals surface area (Å²) in [5, 5.41) is 10.2. The monoisotopic (exact) mass is 920 g/mol. The molecule has 0 aromatic heterocycles. The van der Waals surface area contributed by atoms with Crippen LogP contribution in [-0.4, -0.2) is 6.04 Å². The number of rotatable bonds is 10. The number of anilines is 5. The van der Waals surface area contributed by atoms with Crippen molar-refractivity contribution in [3.63, 3.8) is 0 Å². The highest BCUT2D eigenvalue weighted by Gasteiger charge is 2.28. The van der Waals surface area contributed by atoms with Crippen molar-refractivity contribution >= 4 is 77.1 Å².